The summed E-state index contributed by atoms with van der Waals surface area (Å²) in [5.41, 5.74) is 3.01. The molecule has 2 aromatic rings. The lowest BCUT2D eigenvalue weighted by molar-refractivity contribution is -0.151. The van der Waals surface area contributed by atoms with Crippen LogP contribution in [0.25, 0.3) is 0 Å². The largest absolute Gasteiger partial charge is 0.464 e. The van der Waals surface area contributed by atoms with Gasteiger partial charge in [0.25, 0.3) is 11.8 Å². The van der Waals surface area contributed by atoms with Crippen molar-refractivity contribution in [3.05, 3.63) is 70.8 Å². The first-order chi connectivity index (χ1) is 14.9. The number of carbonyl (C=O) groups is 3. The maximum atomic E-state index is 14.2. The van der Waals surface area contributed by atoms with Gasteiger partial charge < -0.3 is 15.0 Å². The summed E-state index contributed by atoms with van der Waals surface area (Å²) in [6.07, 6.45) is -1.32. The minimum Gasteiger partial charge on any atom is -0.464 e. The van der Waals surface area contributed by atoms with E-state index in [-0.39, 0.29) is 25.0 Å². The lowest BCUT2D eigenvalue weighted by atomic mass is 10.0. The van der Waals surface area contributed by atoms with Gasteiger partial charge in [-0.25, -0.2) is 9.18 Å². The molecule has 1 N–H and O–H groups in total. The van der Waals surface area contributed by atoms with E-state index >= 15 is 0 Å². The third kappa shape index (κ3) is 5.69. The highest BCUT2D eigenvalue weighted by Gasteiger charge is 2.36. The predicted molar refractivity (Wildman–Crippen MR) is 114 cm³/mol. The Morgan fingerprint density at radius 3 is 2.55 bits per heavy atom. The number of halogens is 1. The topological polar surface area (TPSA) is 75.7 Å². The van der Waals surface area contributed by atoms with E-state index in [1.165, 1.54) is 4.90 Å². The fraction of sp³-hybridized carbons (Fsp3) is 0.375. The second-order valence-corrected chi connectivity index (χ2v) is 7.70. The summed E-state index contributed by atoms with van der Waals surface area (Å²) in [6.45, 7) is 4.70. The average Bonchev–Trinajstić information content (AvgIpc) is 3.27. The number of aryl methyl sites for hydroxylation is 1. The molecule has 0 saturated carbocycles. The Kier molecular flexibility index (Phi) is 7.39. The number of ether oxygens (including phenoxy) is 1. The van der Waals surface area contributed by atoms with Crippen molar-refractivity contribution >= 4 is 17.8 Å². The molecule has 2 aromatic carbocycles. The van der Waals surface area contributed by atoms with Gasteiger partial charge in [-0.3, -0.25) is 9.59 Å². The molecule has 164 valence electrons. The number of amides is 2. The van der Waals surface area contributed by atoms with Gasteiger partial charge in [0.15, 0.2) is 0 Å². The van der Waals surface area contributed by atoms with Crippen molar-refractivity contribution < 1.29 is 23.5 Å². The number of hydrogen-bond acceptors (Lipinski definition) is 4. The Bertz CT molecular complexity index is 945. The summed E-state index contributed by atoms with van der Waals surface area (Å²) >= 11 is 0. The Balaban J connectivity index is 1.55. The first-order valence-electron chi connectivity index (χ1n) is 10.4. The van der Waals surface area contributed by atoms with Crippen LogP contribution in [0, 0.1) is 12.8 Å². The van der Waals surface area contributed by atoms with Crippen LogP contribution in [0.15, 0.2) is 48.5 Å². The summed E-state index contributed by atoms with van der Waals surface area (Å²) < 4.78 is 19.0. The molecular weight excluding hydrogens is 399 g/mol. The molecule has 1 saturated heterocycles. The van der Waals surface area contributed by atoms with E-state index in [0.717, 1.165) is 11.1 Å². The van der Waals surface area contributed by atoms with E-state index < -0.39 is 18.1 Å². The van der Waals surface area contributed by atoms with Crippen molar-refractivity contribution in [1.29, 1.82) is 0 Å². The van der Waals surface area contributed by atoms with Crippen molar-refractivity contribution in [2.24, 2.45) is 5.92 Å². The maximum absolute atomic E-state index is 14.2. The monoisotopic (exact) mass is 426 g/mol. The number of rotatable bonds is 7. The number of nitrogens with one attached hydrogen (secondary N) is 1. The quantitative estimate of drug-likeness (QED) is 0.690. The smallest absolute Gasteiger partial charge is 0.341 e. The average molecular weight is 426 g/mol. The van der Waals surface area contributed by atoms with Crippen LogP contribution in [0.4, 0.5) is 4.39 Å². The molecule has 2 atom stereocenters. The van der Waals surface area contributed by atoms with Crippen LogP contribution < -0.4 is 5.32 Å². The van der Waals surface area contributed by atoms with Crippen LogP contribution in [0.1, 0.15) is 45.2 Å². The van der Waals surface area contributed by atoms with E-state index in [1.54, 1.807) is 31.2 Å². The number of alkyl halides is 1. The van der Waals surface area contributed by atoms with Gasteiger partial charge in [-0.2, -0.15) is 0 Å². The number of esters is 1. The van der Waals surface area contributed by atoms with E-state index in [4.69, 9.17) is 4.74 Å². The zero-order valence-corrected chi connectivity index (χ0v) is 17.8. The van der Waals surface area contributed by atoms with Crippen molar-refractivity contribution in [2.45, 2.75) is 33.0 Å². The molecule has 7 heteroatoms. The van der Waals surface area contributed by atoms with Crippen LogP contribution >= 0.6 is 0 Å². The molecule has 0 radical (unpaired) electrons. The second kappa shape index (κ2) is 10.2. The molecule has 1 aliphatic heterocycles. The highest BCUT2D eigenvalue weighted by molar-refractivity contribution is 5.98. The van der Waals surface area contributed by atoms with Gasteiger partial charge in [-0.1, -0.05) is 29.8 Å². The molecule has 6 nitrogen and oxygen atoms in total. The molecule has 31 heavy (non-hydrogen) atoms. The van der Waals surface area contributed by atoms with Crippen LogP contribution in [0.2, 0.25) is 0 Å². The van der Waals surface area contributed by atoms with E-state index in [9.17, 15) is 18.8 Å². The summed E-state index contributed by atoms with van der Waals surface area (Å²) in [4.78, 5) is 38.2. The molecular formula is C24H27FN2O4. The Hall–Kier alpha value is -3.22. The predicted octanol–water partition coefficient (Wildman–Crippen LogP) is 3.29. The Morgan fingerprint density at radius 1 is 1.16 bits per heavy atom. The highest BCUT2D eigenvalue weighted by Crippen LogP contribution is 2.24. The second-order valence-electron chi connectivity index (χ2n) is 7.70. The van der Waals surface area contributed by atoms with Gasteiger partial charge in [0.2, 0.25) is 6.17 Å². The molecule has 2 amide bonds. The van der Waals surface area contributed by atoms with Crippen molar-refractivity contribution in [1.82, 2.24) is 10.2 Å². The molecule has 1 fully saturated rings. The number of carbonyl (C=O) groups excluding carboxylic acids is 3. The number of benzene rings is 2. The molecule has 0 spiro atoms. The van der Waals surface area contributed by atoms with Gasteiger partial charge in [0.05, 0.1) is 6.61 Å². The van der Waals surface area contributed by atoms with Crippen LogP contribution in [0.3, 0.4) is 0 Å². The molecule has 2 unspecified atom stereocenters. The zero-order chi connectivity index (χ0) is 22.4. The lowest BCUT2D eigenvalue weighted by Crippen LogP contribution is -2.33. The standard InChI is InChI=1S/C24H27FN2O4/c1-3-31-24(30)21(25)20-11-12-27(15-20)23(29)19-9-7-18(8-10-19)22(28)26-14-17-6-4-5-16(2)13-17/h4-10,13,20-21H,3,11-12,14-15H2,1-2H3,(H,26,28). The molecule has 1 heterocycles. The van der Waals surface area contributed by atoms with Gasteiger partial charge in [-0.05, 0) is 50.1 Å². The lowest BCUT2D eigenvalue weighted by Gasteiger charge is -2.18. The van der Waals surface area contributed by atoms with Crippen LogP contribution in [-0.2, 0) is 16.1 Å². The van der Waals surface area contributed by atoms with E-state index in [1.807, 2.05) is 31.2 Å². The molecule has 3 rings (SSSR count). The van der Waals surface area contributed by atoms with E-state index in [2.05, 4.69) is 5.32 Å². The van der Waals surface area contributed by atoms with E-state index in [0.29, 0.717) is 30.6 Å². The molecule has 1 aliphatic rings. The number of likely N-dealkylation sites (tertiary alicyclic amines) is 1. The third-order valence-electron chi connectivity index (χ3n) is 5.37. The SMILES string of the molecule is CCOC(=O)C(F)C1CCN(C(=O)c2ccc(C(=O)NCc3cccc(C)c3)cc2)C1. The normalized spacial score (nSPS) is 16.6. The third-order valence-corrected chi connectivity index (χ3v) is 5.37. The van der Waals surface area contributed by atoms with Gasteiger partial charge in [-0.15, -0.1) is 0 Å². The van der Waals surface area contributed by atoms with Gasteiger partial charge >= 0.3 is 5.97 Å². The Morgan fingerprint density at radius 2 is 1.87 bits per heavy atom. The summed E-state index contributed by atoms with van der Waals surface area (Å²) in [6, 6.07) is 14.3. The minimum absolute atomic E-state index is 0.125. The van der Waals surface area contributed by atoms with Crippen molar-refractivity contribution in [3.8, 4) is 0 Å². The van der Waals surface area contributed by atoms with Crippen molar-refractivity contribution in [3.63, 3.8) is 0 Å². The fourth-order valence-electron chi connectivity index (χ4n) is 3.68. The number of hydrogen-bond donors (Lipinski definition) is 1. The first-order valence-corrected chi connectivity index (χ1v) is 10.4. The summed E-state index contributed by atoms with van der Waals surface area (Å²) in [7, 11) is 0. The van der Waals surface area contributed by atoms with Crippen molar-refractivity contribution in [2.75, 3.05) is 19.7 Å². The highest BCUT2D eigenvalue weighted by atomic mass is 19.1. The molecule has 0 bridgehead atoms. The van der Waals surface area contributed by atoms with Crippen LogP contribution in [0.5, 0.6) is 0 Å². The zero-order valence-electron chi connectivity index (χ0n) is 17.8. The van der Waals surface area contributed by atoms with Gasteiger partial charge in [0.1, 0.15) is 0 Å². The number of nitrogens with zero attached hydrogens (tertiary/aromatic N) is 1. The maximum Gasteiger partial charge on any atom is 0.341 e. The fourth-order valence-corrected chi connectivity index (χ4v) is 3.68. The molecule has 0 aliphatic carbocycles. The minimum atomic E-state index is -1.72. The molecule has 0 aromatic heterocycles. The Labute approximate surface area is 181 Å². The van der Waals surface area contributed by atoms with Crippen LogP contribution in [-0.4, -0.2) is 48.6 Å². The van der Waals surface area contributed by atoms with Gasteiger partial charge in [0, 0.05) is 36.7 Å². The first kappa shape index (κ1) is 22.5. The summed E-state index contributed by atoms with van der Waals surface area (Å²) in [5, 5.41) is 2.87. The summed E-state index contributed by atoms with van der Waals surface area (Å²) in [5.74, 6) is -1.90.